The number of H-pyrrole nitrogens is 1. The number of nitrogens with one attached hydrogen (secondary N) is 1. The number of hydrogen-bond donors (Lipinski definition) is 3. The van der Waals surface area contributed by atoms with Gasteiger partial charge >= 0.3 is 5.69 Å². The third kappa shape index (κ3) is 2.96. The molecule has 1 aliphatic heterocycles. The van der Waals surface area contributed by atoms with Gasteiger partial charge in [-0.2, -0.15) is 0 Å². The molecular formula is C11H13IN2O5. The molecule has 19 heavy (non-hydrogen) atoms. The van der Waals surface area contributed by atoms with Gasteiger partial charge in [-0.3, -0.25) is 14.3 Å². The molecule has 0 aliphatic carbocycles. The van der Waals surface area contributed by atoms with Gasteiger partial charge in [0.1, 0.15) is 12.3 Å². The normalized spacial score (nSPS) is 27.2. The average Bonchev–Trinajstić information content (AvgIpc) is 2.74. The van der Waals surface area contributed by atoms with Gasteiger partial charge in [-0.1, -0.05) is 22.6 Å². The number of rotatable bonds is 3. The van der Waals surface area contributed by atoms with Gasteiger partial charge in [0.05, 0.1) is 18.3 Å². The Hall–Kier alpha value is -0.970. The Labute approximate surface area is 121 Å². The van der Waals surface area contributed by atoms with Crippen LogP contribution < -0.4 is 11.2 Å². The van der Waals surface area contributed by atoms with Crippen LogP contribution in [0, 0.1) is 0 Å². The van der Waals surface area contributed by atoms with Crippen LogP contribution in [0.1, 0.15) is 18.2 Å². The summed E-state index contributed by atoms with van der Waals surface area (Å²) in [6.07, 6.45) is 0.880. The van der Waals surface area contributed by atoms with Gasteiger partial charge in [0.2, 0.25) is 0 Å². The summed E-state index contributed by atoms with van der Waals surface area (Å²) in [6, 6.07) is 0. The predicted octanol–water partition coefficient (Wildman–Crippen LogP) is -0.417. The van der Waals surface area contributed by atoms with Gasteiger partial charge in [-0.05, 0) is 10.2 Å². The van der Waals surface area contributed by atoms with E-state index >= 15 is 0 Å². The Balaban J connectivity index is 2.38. The minimum absolute atomic E-state index is 0.185. The molecule has 1 saturated heterocycles. The first-order chi connectivity index (χ1) is 9.06. The molecule has 1 aromatic heterocycles. The quantitative estimate of drug-likeness (QED) is 0.619. The van der Waals surface area contributed by atoms with Crippen molar-refractivity contribution in [3.63, 3.8) is 0 Å². The SMILES string of the molecule is O=c1[nH]c(=O)n([C@@H]2CC(O)[C@H](CO)O2)cc1C=CI. The molecule has 2 rings (SSSR count). The van der Waals surface area contributed by atoms with E-state index in [9.17, 15) is 14.7 Å². The second kappa shape index (κ2) is 5.99. The van der Waals surface area contributed by atoms with Crippen molar-refractivity contribution in [1.82, 2.24) is 9.55 Å². The first-order valence-electron chi connectivity index (χ1n) is 5.63. The molecule has 0 radical (unpaired) electrons. The fraction of sp³-hybridized carbons (Fsp3) is 0.455. The first-order valence-corrected chi connectivity index (χ1v) is 6.88. The van der Waals surface area contributed by atoms with Gasteiger partial charge in [0.25, 0.3) is 5.56 Å². The zero-order valence-electron chi connectivity index (χ0n) is 9.82. The zero-order valence-corrected chi connectivity index (χ0v) is 12.0. The van der Waals surface area contributed by atoms with Gasteiger partial charge < -0.3 is 14.9 Å². The molecule has 0 aromatic carbocycles. The van der Waals surface area contributed by atoms with Crippen molar-refractivity contribution in [2.75, 3.05) is 6.61 Å². The Morgan fingerprint density at radius 1 is 1.58 bits per heavy atom. The standard InChI is InChI=1S/C11H13IN2O5/c12-2-1-6-4-14(11(18)13-10(6)17)9-3-7(16)8(5-15)19-9/h1-2,4,7-9,15-16H,3,5H2,(H,13,17,18)/t7?,8-,9-/m0/s1. The summed E-state index contributed by atoms with van der Waals surface area (Å²) >= 11 is 1.96. The molecule has 1 aliphatic rings. The lowest BCUT2D eigenvalue weighted by molar-refractivity contribution is -0.0459. The molecule has 3 N–H and O–H groups in total. The smallest absolute Gasteiger partial charge is 0.330 e. The van der Waals surface area contributed by atoms with Crippen LogP contribution in [-0.4, -0.2) is 38.6 Å². The number of aromatic nitrogens is 2. The highest BCUT2D eigenvalue weighted by atomic mass is 127. The van der Waals surface area contributed by atoms with Crippen LogP contribution in [0.4, 0.5) is 0 Å². The Bertz CT molecular complexity index is 593. The minimum atomic E-state index is -0.836. The van der Waals surface area contributed by atoms with E-state index in [0.717, 1.165) is 0 Å². The Morgan fingerprint density at radius 2 is 2.32 bits per heavy atom. The van der Waals surface area contributed by atoms with Crippen LogP contribution >= 0.6 is 22.6 Å². The van der Waals surface area contributed by atoms with Crippen molar-refractivity contribution in [3.8, 4) is 0 Å². The van der Waals surface area contributed by atoms with Crippen molar-refractivity contribution in [2.45, 2.75) is 24.9 Å². The van der Waals surface area contributed by atoms with E-state index in [2.05, 4.69) is 4.98 Å². The predicted molar refractivity (Wildman–Crippen MR) is 76.0 cm³/mol. The molecule has 1 fully saturated rings. The molecule has 7 nitrogen and oxygen atoms in total. The van der Waals surface area contributed by atoms with E-state index in [1.165, 1.54) is 10.8 Å². The lowest BCUT2D eigenvalue weighted by Gasteiger charge is -2.14. The van der Waals surface area contributed by atoms with E-state index in [4.69, 9.17) is 9.84 Å². The zero-order chi connectivity index (χ0) is 14.0. The fourth-order valence-electron chi connectivity index (χ4n) is 1.95. The lowest BCUT2D eigenvalue weighted by Crippen LogP contribution is -2.33. The maximum Gasteiger partial charge on any atom is 0.330 e. The first kappa shape index (κ1) is 14.4. The third-order valence-corrected chi connectivity index (χ3v) is 3.29. The van der Waals surface area contributed by atoms with Gasteiger partial charge in [-0.15, -0.1) is 0 Å². The molecule has 1 unspecified atom stereocenters. The van der Waals surface area contributed by atoms with Gasteiger partial charge in [-0.25, -0.2) is 4.79 Å². The minimum Gasteiger partial charge on any atom is -0.394 e. The van der Waals surface area contributed by atoms with Crippen molar-refractivity contribution in [1.29, 1.82) is 0 Å². The summed E-state index contributed by atoms with van der Waals surface area (Å²) in [4.78, 5) is 25.5. The Kier molecular flexibility index (Phi) is 4.55. The summed E-state index contributed by atoms with van der Waals surface area (Å²) in [5.41, 5.74) is -0.766. The van der Waals surface area contributed by atoms with Crippen LogP contribution in [0.2, 0.25) is 0 Å². The van der Waals surface area contributed by atoms with Crippen LogP contribution in [0.25, 0.3) is 6.08 Å². The number of aromatic amines is 1. The summed E-state index contributed by atoms with van der Waals surface area (Å²) in [6.45, 7) is -0.323. The molecule has 0 amide bonds. The number of nitrogens with zero attached hydrogens (tertiary/aromatic N) is 1. The second-order valence-corrected chi connectivity index (χ2v) is 4.88. The van der Waals surface area contributed by atoms with Crippen molar-refractivity contribution in [3.05, 3.63) is 36.7 Å². The molecule has 3 atom stereocenters. The van der Waals surface area contributed by atoms with E-state index in [1.807, 2.05) is 22.6 Å². The van der Waals surface area contributed by atoms with E-state index in [0.29, 0.717) is 5.56 Å². The number of aliphatic hydroxyl groups is 2. The summed E-state index contributed by atoms with van der Waals surface area (Å²) in [5, 5.41) is 18.7. The summed E-state index contributed by atoms with van der Waals surface area (Å²) in [5.74, 6) is 0. The van der Waals surface area contributed by atoms with Crippen molar-refractivity contribution >= 4 is 28.7 Å². The van der Waals surface area contributed by atoms with Crippen molar-refractivity contribution < 1.29 is 14.9 Å². The number of ether oxygens (including phenoxy) is 1. The molecular weight excluding hydrogens is 367 g/mol. The Morgan fingerprint density at radius 3 is 2.89 bits per heavy atom. The highest BCUT2D eigenvalue weighted by Crippen LogP contribution is 2.27. The van der Waals surface area contributed by atoms with Crippen LogP contribution in [-0.2, 0) is 4.74 Å². The van der Waals surface area contributed by atoms with E-state index in [1.54, 1.807) is 10.2 Å². The lowest BCUT2D eigenvalue weighted by atomic mass is 10.2. The number of aliphatic hydroxyl groups excluding tert-OH is 2. The molecule has 2 heterocycles. The number of halogens is 1. The maximum atomic E-state index is 11.7. The van der Waals surface area contributed by atoms with Gasteiger partial charge in [0, 0.05) is 12.6 Å². The highest BCUT2D eigenvalue weighted by Gasteiger charge is 2.35. The maximum absolute atomic E-state index is 11.7. The van der Waals surface area contributed by atoms with Crippen LogP contribution in [0.3, 0.4) is 0 Å². The average molecular weight is 380 g/mol. The summed E-state index contributed by atoms with van der Waals surface area (Å²) in [7, 11) is 0. The number of hydrogen-bond acceptors (Lipinski definition) is 5. The molecule has 8 heteroatoms. The largest absolute Gasteiger partial charge is 0.394 e. The molecule has 104 valence electrons. The van der Waals surface area contributed by atoms with Gasteiger partial charge in [0.15, 0.2) is 0 Å². The van der Waals surface area contributed by atoms with E-state index < -0.39 is 29.7 Å². The molecule has 0 spiro atoms. The van der Waals surface area contributed by atoms with Crippen LogP contribution in [0.5, 0.6) is 0 Å². The molecule has 0 bridgehead atoms. The van der Waals surface area contributed by atoms with Crippen LogP contribution in [0.15, 0.2) is 19.9 Å². The van der Waals surface area contributed by atoms with E-state index in [-0.39, 0.29) is 13.0 Å². The van der Waals surface area contributed by atoms with Crippen molar-refractivity contribution in [2.24, 2.45) is 0 Å². The topological polar surface area (TPSA) is 105 Å². The fourth-order valence-corrected chi connectivity index (χ4v) is 2.34. The molecule has 0 saturated carbocycles. The highest BCUT2D eigenvalue weighted by molar-refractivity contribution is 14.1. The molecule has 1 aromatic rings. The third-order valence-electron chi connectivity index (χ3n) is 2.93. The second-order valence-electron chi connectivity index (χ2n) is 4.16. The monoisotopic (exact) mass is 380 g/mol. The summed E-state index contributed by atoms with van der Waals surface area (Å²) < 4.78 is 8.24.